The molecule has 0 amide bonds. The molecule has 0 rings (SSSR count). The van der Waals surface area contributed by atoms with Crippen molar-refractivity contribution in [3.05, 3.63) is 0 Å². The largest absolute Gasteiger partial charge is 0.463 e. The summed E-state index contributed by atoms with van der Waals surface area (Å²) in [6.07, 6.45) is 0.446. The Balaban J connectivity index is 4.57. The van der Waals surface area contributed by atoms with E-state index >= 15 is 0 Å². The highest BCUT2D eigenvalue weighted by Gasteiger charge is 2.17. The molecule has 0 aromatic heterocycles. The average Bonchev–Trinajstić information content (AvgIpc) is 3.04. The first-order valence-corrected chi connectivity index (χ1v) is 15.7. The van der Waals surface area contributed by atoms with Crippen LogP contribution in [0.15, 0.2) is 0 Å². The maximum Gasteiger partial charge on any atom is 0.308 e. The molecule has 3 unspecified atom stereocenters. The maximum absolute atomic E-state index is 12.1. The van der Waals surface area contributed by atoms with Gasteiger partial charge in [0.15, 0.2) is 0 Å². The number of rotatable bonds is 32. The molecule has 0 aliphatic heterocycles. The smallest absolute Gasteiger partial charge is 0.308 e. The lowest BCUT2D eigenvalue weighted by Gasteiger charge is -2.19. The summed E-state index contributed by atoms with van der Waals surface area (Å²) in [7, 11) is 0. The quantitative estimate of drug-likeness (QED) is 0.0516. The summed E-state index contributed by atoms with van der Waals surface area (Å²) in [4.78, 5) is 36.2. The normalized spacial score (nSPS) is 14.0. The summed E-state index contributed by atoms with van der Waals surface area (Å²) in [5.74, 6) is -1.32. The molecule has 0 radical (unpaired) electrons. The summed E-state index contributed by atoms with van der Waals surface area (Å²) in [5, 5.41) is 26.6. The fourth-order valence-electron chi connectivity index (χ4n) is 3.73. The predicted molar refractivity (Wildman–Crippen MR) is 159 cm³/mol. The first-order valence-electron chi connectivity index (χ1n) is 15.7. The summed E-state index contributed by atoms with van der Waals surface area (Å²) in [6, 6.07) is 0. The van der Waals surface area contributed by atoms with E-state index in [2.05, 4.69) is 0 Å². The highest BCUT2D eigenvalue weighted by molar-refractivity contribution is 5.70. The fraction of sp³-hybridized carbons (Fsp3) is 0.900. The molecule has 266 valence electrons. The Kier molecular flexibility index (Phi) is 29.4. The summed E-state index contributed by atoms with van der Waals surface area (Å²) in [5.41, 5.74) is 0. The van der Waals surface area contributed by atoms with Crippen molar-refractivity contribution in [1.82, 2.24) is 0 Å². The summed E-state index contributed by atoms with van der Waals surface area (Å²) >= 11 is 0. The van der Waals surface area contributed by atoms with Crippen molar-refractivity contribution < 1.29 is 72.3 Å². The van der Waals surface area contributed by atoms with Crippen molar-refractivity contribution >= 4 is 17.9 Å². The van der Waals surface area contributed by atoms with Crippen molar-refractivity contribution in [2.24, 2.45) is 0 Å². The van der Waals surface area contributed by atoms with Crippen LogP contribution in [-0.2, 0) is 57.0 Å². The van der Waals surface area contributed by atoms with Crippen LogP contribution in [0.1, 0.15) is 59.3 Å². The molecule has 0 aliphatic carbocycles. The molecule has 0 fully saturated rings. The lowest BCUT2D eigenvalue weighted by molar-refractivity contribution is -0.153. The molecule has 0 aromatic rings. The number of hydrogen-bond acceptors (Lipinski definition) is 15. The topological polar surface area (TPSA) is 195 Å². The van der Waals surface area contributed by atoms with Gasteiger partial charge in [-0.05, 0) is 19.3 Å². The van der Waals surface area contributed by atoms with Crippen LogP contribution in [0.5, 0.6) is 0 Å². The van der Waals surface area contributed by atoms with Gasteiger partial charge in [-0.25, -0.2) is 0 Å². The number of carbonyl (C=O) groups excluding carboxylic acids is 3. The van der Waals surface area contributed by atoms with Crippen LogP contribution in [0.4, 0.5) is 0 Å². The Bertz CT molecular complexity index is 683. The van der Waals surface area contributed by atoms with E-state index in [4.69, 9.17) is 58.0 Å². The Morgan fingerprint density at radius 2 is 0.756 bits per heavy atom. The van der Waals surface area contributed by atoms with Crippen molar-refractivity contribution in [2.75, 3.05) is 92.5 Å². The van der Waals surface area contributed by atoms with E-state index in [-0.39, 0.29) is 130 Å². The maximum atomic E-state index is 12.1. The van der Waals surface area contributed by atoms with Crippen molar-refractivity contribution in [3.8, 4) is 0 Å². The highest BCUT2D eigenvalue weighted by atomic mass is 16.6. The van der Waals surface area contributed by atoms with Crippen LogP contribution in [0.3, 0.4) is 0 Å². The standard InChI is InChI=1S/C30H56O15/c1-4-24(39-10-7-31)19-28(34)43-15-13-37-22-27(42-17-18-45-30(36)21-26(6-3)41-12-9-33)23-38-14-16-44-29(35)20-25(5-2)40-11-8-32/h24-27,31-33H,4-23H2,1-3H3. The second kappa shape index (κ2) is 30.7. The van der Waals surface area contributed by atoms with Crippen LogP contribution >= 0.6 is 0 Å². The second-order valence-electron chi connectivity index (χ2n) is 9.79. The number of carbonyl (C=O) groups is 3. The molecule has 0 saturated heterocycles. The number of esters is 3. The summed E-state index contributed by atoms with van der Waals surface area (Å²) in [6.45, 7) is 6.19. The van der Waals surface area contributed by atoms with E-state index in [1.54, 1.807) is 0 Å². The van der Waals surface area contributed by atoms with Crippen molar-refractivity contribution in [2.45, 2.75) is 83.7 Å². The van der Waals surface area contributed by atoms with Crippen molar-refractivity contribution in [1.29, 1.82) is 0 Å². The van der Waals surface area contributed by atoms with E-state index in [1.807, 2.05) is 20.8 Å². The van der Waals surface area contributed by atoms with Gasteiger partial charge < -0.3 is 58.0 Å². The number of ether oxygens (including phenoxy) is 9. The minimum Gasteiger partial charge on any atom is -0.463 e. The Labute approximate surface area is 266 Å². The van der Waals surface area contributed by atoms with Gasteiger partial charge in [-0.3, -0.25) is 14.4 Å². The van der Waals surface area contributed by atoms with E-state index in [9.17, 15) is 14.4 Å². The van der Waals surface area contributed by atoms with Crippen LogP contribution in [0, 0.1) is 0 Å². The zero-order valence-corrected chi connectivity index (χ0v) is 27.2. The minimum absolute atomic E-state index is 0.00507. The zero-order valence-electron chi connectivity index (χ0n) is 27.2. The SMILES string of the molecule is CCC(CC(=O)OCCOCC(COCCOC(=O)CC(CC)OCCO)OCCOC(=O)CC(CC)OCCO)OCCO. The predicted octanol–water partition coefficient (Wildman–Crippen LogP) is 0.567. The van der Waals surface area contributed by atoms with E-state index in [1.165, 1.54) is 0 Å². The number of hydrogen-bond donors (Lipinski definition) is 3. The van der Waals surface area contributed by atoms with Gasteiger partial charge in [0.2, 0.25) is 0 Å². The van der Waals surface area contributed by atoms with Crippen LogP contribution < -0.4 is 0 Å². The van der Waals surface area contributed by atoms with Crippen LogP contribution in [-0.4, -0.2) is 150 Å². The first-order chi connectivity index (χ1) is 21.8. The lowest BCUT2D eigenvalue weighted by Crippen LogP contribution is -2.29. The molecule has 0 heterocycles. The molecule has 0 spiro atoms. The third-order valence-corrected chi connectivity index (χ3v) is 6.17. The molecular weight excluding hydrogens is 600 g/mol. The Hall–Kier alpha value is -1.95. The lowest BCUT2D eigenvalue weighted by atomic mass is 10.2. The molecule has 45 heavy (non-hydrogen) atoms. The monoisotopic (exact) mass is 656 g/mol. The van der Waals surface area contributed by atoms with Gasteiger partial charge in [0.1, 0.15) is 25.9 Å². The van der Waals surface area contributed by atoms with Gasteiger partial charge in [-0.1, -0.05) is 20.8 Å². The Morgan fingerprint density at radius 3 is 1.07 bits per heavy atom. The van der Waals surface area contributed by atoms with Gasteiger partial charge in [0, 0.05) is 0 Å². The van der Waals surface area contributed by atoms with E-state index in [0.717, 1.165) is 0 Å². The molecular formula is C30H56O15. The Morgan fingerprint density at radius 1 is 0.444 bits per heavy atom. The van der Waals surface area contributed by atoms with Crippen molar-refractivity contribution in [3.63, 3.8) is 0 Å². The second-order valence-corrected chi connectivity index (χ2v) is 9.79. The van der Waals surface area contributed by atoms with Gasteiger partial charge in [-0.15, -0.1) is 0 Å². The zero-order chi connectivity index (χ0) is 33.5. The average molecular weight is 657 g/mol. The molecule has 0 saturated carbocycles. The van der Waals surface area contributed by atoms with Crippen LogP contribution in [0.2, 0.25) is 0 Å². The third kappa shape index (κ3) is 25.9. The minimum atomic E-state index is -0.556. The number of aliphatic hydroxyl groups excluding tert-OH is 3. The number of aliphatic hydroxyl groups is 3. The molecule has 0 aromatic carbocycles. The first kappa shape index (κ1) is 43.0. The van der Waals surface area contributed by atoms with Gasteiger partial charge in [0.25, 0.3) is 0 Å². The van der Waals surface area contributed by atoms with E-state index < -0.39 is 24.0 Å². The highest BCUT2D eigenvalue weighted by Crippen LogP contribution is 2.07. The molecule has 3 N–H and O–H groups in total. The molecule has 0 bridgehead atoms. The molecule has 15 nitrogen and oxygen atoms in total. The van der Waals surface area contributed by atoms with Gasteiger partial charge in [0.05, 0.1) is 110 Å². The fourth-order valence-corrected chi connectivity index (χ4v) is 3.73. The molecule has 3 atom stereocenters. The van der Waals surface area contributed by atoms with E-state index in [0.29, 0.717) is 19.3 Å². The molecule has 0 aliphatic rings. The van der Waals surface area contributed by atoms with Crippen LogP contribution in [0.25, 0.3) is 0 Å². The summed E-state index contributed by atoms with van der Waals surface area (Å²) < 4.78 is 48.7. The third-order valence-electron chi connectivity index (χ3n) is 6.17. The van der Waals surface area contributed by atoms with Gasteiger partial charge >= 0.3 is 17.9 Å². The molecule has 15 heteroatoms. The van der Waals surface area contributed by atoms with Gasteiger partial charge in [-0.2, -0.15) is 0 Å².